The number of thioether (sulfide) groups is 1. The van der Waals surface area contributed by atoms with Crippen LogP contribution < -0.4 is 16.6 Å². The van der Waals surface area contributed by atoms with Crippen molar-refractivity contribution in [2.24, 2.45) is 51.3 Å². The average Bonchev–Trinajstić information content (AvgIpc) is 3.08. The van der Waals surface area contributed by atoms with Crippen LogP contribution in [0.2, 0.25) is 0 Å². The van der Waals surface area contributed by atoms with Gasteiger partial charge in [0.2, 0.25) is 5.96 Å². The fraction of sp³-hybridized carbons (Fsp3) is 0.962. The third-order valence-electron chi connectivity index (χ3n) is 10.7. The first kappa shape index (κ1) is 24.7. The van der Waals surface area contributed by atoms with E-state index in [-0.39, 0.29) is 16.3 Å². The van der Waals surface area contributed by atoms with Crippen LogP contribution in [0.3, 0.4) is 0 Å². The van der Waals surface area contributed by atoms with Gasteiger partial charge in [0, 0.05) is 11.8 Å². The lowest BCUT2D eigenvalue weighted by Crippen LogP contribution is -2.58. The van der Waals surface area contributed by atoms with Gasteiger partial charge in [-0.1, -0.05) is 40.5 Å². The van der Waals surface area contributed by atoms with Gasteiger partial charge in [0.25, 0.3) is 0 Å². The summed E-state index contributed by atoms with van der Waals surface area (Å²) in [4.78, 5) is 4.10. The van der Waals surface area contributed by atoms with Crippen LogP contribution in [-0.4, -0.2) is 34.8 Å². The van der Waals surface area contributed by atoms with Gasteiger partial charge in [-0.15, -0.1) is 11.8 Å². The molecule has 4 aliphatic rings. The highest BCUT2D eigenvalue weighted by Crippen LogP contribution is 2.68. The Bertz CT molecular complexity index is 699. The third-order valence-corrected chi connectivity index (χ3v) is 11.9. The number of fused-ring (bicyclic) bond motifs is 5. The number of hydrazine groups is 1. The van der Waals surface area contributed by atoms with Crippen LogP contribution >= 0.6 is 11.8 Å². The molecule has 5 N–H and O–H groups in total. The van der Waals surface area contributed by atoms with E-state index in [0.29, 0.717) is 23.2 Å². The predicted octanol–water partition coefficient (Wildman–Crippen LogP) is 4.90. The molecular weight excluding hydrogens is 416 g/mol. The molecule has 0 amide bonds. The van der Waals surface area contributed by atoms with E-state index >= 15 is 0 Å². The summed E-state index contributed by atoms with van der Waals surface area (Å²) in [5, 5.41) is 15.0. The minimum Gasteiger partial charge on any atom is -0.393 e. The van der Waals surface area contributed by atoms with Crippen LogP contribution in [0.4, 0.5) is 0 Å². The van der Waals surface area contributed by atoms with Crippen molar-refractivity contribution in [3.05, 3.63) is 0 Å². The Hall–Kier alpha value is -0.460. The molecule has 0 radical (unpaired) electrons. The monoisotopic (exact) mass is 464 g/mol. The van der Waals surface area contributed by atoms with Gasteiger partial charge in [0.05, 0.1) is 12.0 Å². The first-order valence-corrected chi connectivity index (χ1v) is 14.1. The molecule has 32 heavy (non-hydrogen) atoms. The topological polar surface area (TPSA) is 82.7 Å². The predicted molar refractivity (Wildman–Crippen MR) is 136 cm³/mol. The Balaban J connectivity index is 1.45. The number of nitrogens with two attached hydrogens (primary N) is 1. The maximum absolute atomic E-state index is 11.7. The molecule has 0 saturated heterocycles. The molecule has 0 spiro atoms. The molecule has 0 aromatic heterocycles. The average molecular weight is 465 g/mol. The van der Waals surface area contributed by atoms with E-state index in [1.54, 1.807) is 7.05 Å². The lowest BCUT2D eigenvalue weighted by Gasteiger charge is -2.62. The standard InChI is InChI=1S/C26H48N4OS/c1-24(2,32-16-29-23(28-5)30-27)15-18-10-12-20-19-11-9-17-8-6-7-13-25(17,3)21(19)14-22(31)26(18,20)4/h17-22,31H,6-16,27H2,1-5H3,(H2,28,29,30). The van der Waals surface area contributed by atoms with Crippen molar-refractivity contribution in [3.8, 4) is 0 Å². The molecule has 8 unspecified atom stereocenters. The van der Waals surface area contributed by atoms with Crippen molar-refractivity contribution in [2.45, 2.75) is 103 Å². The van der Waals surface area contributed by atoms with Crippen LogP contribution in [0.15, 0.2) is 4.99 Å². The van der Waals surface area contributed by atoms with E-state index in [1.165, 1.54) is 51.4 Å². The van der Waals surface area contributed by atoms with Gasteiger partial charge in [-0.25, -0.2) is 5.84 Å². The number of aliphatic hydroxyl groups is 1. The van der Waals surface area contributed by atoms with Crippen LogP contribution in [0.1, 0.15) is 91.9 Å². The van der Waals surface area contributed by atoms with Crippen LogP contribution in [0.25, 0.3) is 0 Å². The number of guanidine groups is 1. The highest BCUT2D eigenvalue weighted by molar-refractivity contribution is 8.00. The van der Waals surface area contributed by atoms with Crippen LogP contribution in [0, 0.1) is 40.4 Å². The van der Waals surface area contributed by atoms with Crippen LogP contribution in [-0.2, 0) is 0 Å². The minimum atomic E-state index is -0.141. The van der Waals surface area contributed by atoms with Crippen molar-refractivity contribution in [1.82, 2.24) is 10.7 Å². The molecule has 6 heteroatoms. The van der Waals surface area contributed by atoms with Gasteiger partial charge in [-0.2, -0.15) is 0 Å². The molecule has 0 heterocycles. The lowest BCUT2D eigenvalue weighted by atomic mass is 9.44. The fourth-order valence-corrected chi connectivity index (χ4v) is 9.78. The van der Waals surface area contributed by atoms with E-state index in [2.05, 4.69) is 43.4 Å². The molecule has 8 atom stereocenters. The first-order chi connectivity index (χ1) is 15.2. The summed E-state index contributed by atoms with van der Waals surface area (Å²) in [5.74, 6) is 10.7. The molecule has 0 aromatic carbocycles. The SMILES string of the molecule is CN=C(NN)NCSC(C)(C)CC1CCC2C3CCC4CCCCC4(C)C3CC(O)C12C. The third kappa shape index (κ3) is 4.22. The molecule has 4 aliphatic carbocycles. The molecule has 0 aliphatic heterocycles. The van der Waals surface area contributed by atoms with Crippen molar-refractivity contribution in [3.63, 3.8) is 0 Å². The van der Waals surface area contributed by atoms with Crippen molar-refractivity contribution in [1.29, 1.82) is 0 Å². The highest BCUT2D eigenvalue weighted by Gasteiger charge is 2.63. The summed E-state index contributed by atoms with van der Waals surface area (Å²) >= 11 is 1.93. The molecule has 0 bridgehead atoms. The van der Waals surface area contributed by atoms with Crippen LogP contribution in [0.5, 0.6) is 0 Å². The lowest BCUT2D eigenvalue weighted by molar-refractivity contribution is -0.164. The molecule has 184 valence electrons. The Morgan fingerprint density at radius 1 is 1.12 bits per heavy atom. The zero-order valence-corrected chi connectivity index (χ0v) is 21.9. The smallest absolute Gasteiger partial charge is 0.206 e. The zero-order chi connectivity index (χ0) is 23.1. The van der Waals surface area contributed by atoms with Gasteiger partial charge >= 0.3 is 0 Å². The largest absolute Gasteiger partial charge is 0.393 e. The van der Waals surface area contributed by atoms with Gasteiger partial charge in [-0.3, -0.25) is 10.4 Å². The number of hydrogen-bond donors (Lipinski definition) is 4. The fourth-order valence-electron chi connectivity index (χ4n) is 8.87. The zero-order valence-electron chi connectivity index (χ0n) is 21.1. The van der Waals surface area contributed by atoms with Crippen molar-refractivity contribution >= 4 is 17.7 Å². The van der Waals surface area contributed by atoms with Gasteiger partial charge in [0.1, 0.15) is 0 Å². The molecule has 4 fully saturated rings. The number of hydrogen-bond acceptors (Lipinski definition) is 4. The number of aliphatic hydroxyl groups excluding tert-OH is 1. The number of nitrogens with one attached hydrogen (secondary N) is 2. The first-order valence-electron chi connectivity index (χ1n) is 13.1. The summed E-state index contributed by atoms with van der Waals surface area (Å²) in [7, 11) is 1.73. The summed E-state index contributed by atoms with van der Waals surface area (Å²) in [6, 6.07) is 0. The maximum atomic E-state index is 11.7. The number of rotatable bonds is 5. The Morgan fingerprint density at radius 2 is 1.91 bits per heavy atom. The van der Waals surface area contributed by atoms with E-state index < -0.39 is 0 Å². The normalized spacial score (nSPS) is 44.4. The van der Waals surface area contributed by atoms with E-state index in [4.69, 9.17) is 5.84 Å². The summed E-state index contributed by atoms with van der Waals surface area (Å²) < 4.78 is 0.145. The Morgan fingerprint density at radius 3 is 2.62 bits per heavy atom. The van der Waals surface area contributed by atoms with Gasteiger partial charge < -0.3 is 10.4 Å². The highest BCUT2D eigenvalue weighted by atomic mass is 32.2. The molecule has 5 nitrogen and oxygen atoms in total. The maximum Gasteiger partial charge on any atom is 0.206 e. The second-order valence-corrected chi connectivity index (χ2v) is 14.1. The Kier molecular flexibility index (Phi) is 7.16. The molecule has 4 rings (SSSR count). The quantitative estimate of drug-likeness (QED) is 0.153. The second-order valence-electron chi connectivity index (χ2n) is 12.4. The van der Waals surface area contributed by atoms with Crippen molar-refractivity contribution < 1.29 is 5.11 Å². The minimum absolute atomic E-state index is 0.0825. The molecule has 4 saturated carbocycles. The molecule has 0 aromatic rings. The summed E-state index contributed by atoms with van der Waals surface area (Å²) in [6.45, 7) is 9.79. The number of nitrogens with zero attached hydrogens (tertiary/aromatic N) is 1. The Labute approximate surface area is 200 Å². The summed E-state index contributed by atoms with van der Waals surface area (Å²) in [5.41, 5.74) is 3.17. The van der Waals surface area contributed by atoms with Crippen molar-refractivity contribution in [2.75, 3.05) is 12.9 Å². The summed E-state index contributed by atoms with van der Waals surface area (Å²) in [6.07, 6.45) is 13.2. The second kappa shape index (κ2) is 9.30. The van der Waals surface area contributed by atoms with E-state index in [9.17, 15) is 5.11 Å². The molecular formula is C26H48N4OS. The van der Waals surface area contributed by atoms with E-state index in [0.717, 1.165) is 36.5 Å². The van der Waals surface area contributed by atoms with Gasteiger partial charge in [-0.05, 0) is 91.8 Å². The van der Waals surface area contributed by atoms with Gasteiger partial charge in [0.15, 0.2) is 0 Å². The number of aliphatic imine (C=N–C) groups is 1. The van der Waals surface area contributed by atoms with E-state index in [1.807, 2.05) is 11.8 Å².